The molecular weight excluding hydrogens is 242 g/mol. The van der Waals surface area contributed by atoms with Crippen molar-refractivity contribution < 1.29 is 5.11 Å². The quantitative estimate of drug-likeness (QED) is 0.849. The molecule has 0 saturated carbocycles. The molecule has 1 N–H and O–H groups in total. The van der Waals surface area contributed by atoms with Crippen molar-refractivity contribution in [3.63, 3.8) is 0 Å². The van der Waals surface area contributed by atoms with Crippen LogP contribution in [-0.2, 0) is 0 Å². The summed E-state index contributed by atoms with van der Waals surface area (Å²) in [4.78, 5) is 3.74. The third-order valence-electron chi connectivity index (χ3n) is 3.87. The second-order valence-electron chi connectivity index (χ2n) is 5.30. The van der Waals surface area contributed by atoms with E-state index in [2.05, 4.69) is 43.2 Å². The molecule has 0 radical (unpaired) electrons. The molecule has 0 bridgehead atoms. The lowest BCUT2D eigenvalue weighted by molar-refractivity contribution is 0.0567. The molecule has 1 aromatic heterocycles. The van der Waals surface area contributed by atoms with E-state index < -0.39 is 0 Å². The van der Waals surface area contributed by atoms with Crippen molar-refractivity contribution in [2.45, 2.75) is 39.2 Å². The number of allylic oxidation sites excluding steroid dienone is 1. The molecule has 2 atom stereocenters. The average Bonchev–Trinajstić information content (AvgIpc) is 2.75. The van der Waals surface area contributed by atoms with Gasteiger partial charge in [0.15, 0.2) is 0 Å². The number of aliphatic hydroxyl groups excluding tert-OH is 1. The zero-order valence-electron chi connectivity index (χ0n) is 11.5. The molecule has 0 spiro atoms. The van der Waals surface area contributed by atoms with Crippen molar-refractivity contribution in [1.29, 1.82) is 0 Å². The minimum atomic E-state index is -0.222. The smallest absolute Gasteiger partial charge is 0.0744 e. The lowest BCUT2D eigenvalue weighted by Crippen LogP contribution is -2.43. The monoisotopic (exact) mass is 265 g/mol. The van der Waals surface area contributed by atoms with E-state index in [0.717, 1.165) is 26.1 Å². The normalized spacial score (nSPS) is 26.6. The van der Waals surface area contributed by atoms with Crippen LogP contribution in [0.3, 0.4) is 0 Å². The maximum atomic E-state index is 10.4. The van der Waals surface area contributed by atoms with Gasteiger partial charge in [-0.25, -0.2) is 0 Å². The fourth-order valence-corrected chi connectivity index (χ4v) is 3.78. The van der Waals surface area contributed by atoms with Crippen LogP contribution in [0.25, 0.3) is 0 Å². The van der Waals surface area contributed by atoms with Crippen molar-refractivity contribution in [3.05, 3.63) is 33.5 Å². The molecule has 0 amide bonds. The molecule has 2 rings (SSSR count). The number of hydrogen-bond donors (Lipinski definition) is 1. The molecular formula is C15H23NOS. The molecule has 3 heteroatoms. The minimum absolute atomic E-state index is 0.222. The van der Waals surface area contributed by atoms with Crippen LogP contribution < -0.4 is 0 Å². The highest BCUT2D eigenvalue weighted by Crippen LogP contribution is 2.34. The number of rotatable bonds is 3. The van der Waals surface area contributed by atoms with E-state index in [1.165, 1.54) is 16.0 Å². The Morgan fingerprint density at radius 3 is 2.94 bits per heavy atom. The summed E-state index contributed by atoms with van der Waals surface area (Å²) in [6.07, 6.45) is 3.00. The van der Waals surface area contributed by atoms with Crippen LogP contribution in [-0.4, -0.2) is 35.7 Å². The molecule has 1 aliphatic heterocycles. The van der Waals surface area contributed by atoms with Crippen LogP contribution >= 0.6 is 11.3 Å². The highest BCUT2D eigenvalue weighted by Gasteiger charge is 2.30. The first-order chi connectivity index (χ1) is 8.61. The van der Waals surface area contributed by atoms with Gasteiger partial charge in [0.05, 0.1) is 6.10 Å². The fourth-order valence-electron chi connectivity index (χ4n) is 2.65. The highest BCUT2D eigenvalue weighted by atomic mass is 32.1. The summed E-state index contributed by atoms with van der Waals surface area (Å²) in [5.41, 5.74) is 2.72. The number of β-amino-alcohol motifs (C(OH)–C–C–N with tert-alkyl or cyclic N) is 1. The van der Waals surface area contributed by atoms with Gasteiger partial charge in [0.1, 0.15) is 0 Å². The Morgan fingerprint density at radius 1 is 1.61 bits per heavy atom. The van der Waals surface area contributed by atoms with Crippen molar-refractivity contribution in [2.24, 2.45) is 0 Å². The fraction of sp³-hybridized carbons (Fsp3) is 0.600. The predicted octanol–water partition coefficient (Wildman–Crippen LogP) is 3.17. The standard InChI is InChI=1S/C15H23NOS/c1-4-11(2)9-16-7-5-13(14(17)10-16)15-12(3)6-8-18-15/h4,6,8,13-14,17H,5,7,9-10H2,1-3H3/b11-4+/t13-,14-/m0/s1. The van der Waals surface area contributed by atoms with Crippen LogP contribution in [0.4, 0.5) is 0 Å². The predicted molar refractivity (Wildman–Crippen MR) is 78.3 cm³/mol. The third-order valence-corrected chi connectivity index (χ3v) is 5.02. The molecule has 0 aromatic carbocycles. The lowest BCUT2D eigenvalue weighted by atomic mass is 9.90. The van der Waals surface area contributed by atoms with Gasteiger partial charge in [-0.3, -0.25) is 4.90 Å². The van der Waals surface area contributed by atoms with Gasteiger partial charge in [-0.2, -0.15) is 0 Å². The molecule has 1 aliphatic rings. The van der Waals surface area contributed by atoms with Gasteiger partial charge in [0.25, 0.3) is 0 Å². The Labute approximate surface area is 114 Å². The summed E-state index contributed by atoms with van der Waals surface area (Å²) in [5.74, 6) is 0.340. The van der Waals surface area contributed by atoms with E-state index in [0.29, 0.717) is 5.92 Å². The summed E-state index contributed by atoms with van der Waals surface area (Å²) in [5, 5.41) is 12.5. The summed E-state index contributed by atoms with van der Waals surface area (Å²) in [6.45, 7) is 9.26. The van der Waals surface area contributed by atoms with Crippen LogP contribution in [0, 0.1) is 6.92 Å². The topological polar surface area (TPSA) is 23.5 Å². The number of likely N-dealkylation sites (tertiary alicyclic amines) is 1. The first-order valence-corrected chi connectivity index (χ1v) is 7.56. The molecule has 1 saturated heterocycles. The number of piperidine rings is 1. The van der Waals surface area contributed by atoms with Crippen molar-refractivity contribution in [2.75, 3.05) is 19.6 Å². The highest BCUT2D eigenvalue weighted by molar-refractivity contribution is 7.10. The number of aliphatic hydroxyl groups is 1. The Hall–Kier alpha value is -0.640. The van der Waals surface area contributed by atoms with Gasteiger partial charge in [-0.1, -0.05) is 11.6 Å². The molecule has 100 valence electrons. The Morgan fingerprint density at radius 2 is 2.39 bits per heavy atom. The third kappa shape index (κ3) is 3.02. The van der Waals surface area contributed by atoms with Gasteiger partial charge in [0, 0.05) is 23.9 Å². The molecule has 0 aliphatic carbocycles. The second kappa shape index (κ2) is 6.00. The zero-order valence-corrected chi connectivity index (χ0v) is 12.3. The summed E-state index contributed by atoms with van der Waals surface area (Å²) in [6, 6.07) is 2.16. The first kappa shape index (κ1) is 13.8. The number of aryl methyl sites for hydroxylation is 1. The van der Waals surface area contributed by atoms with Gasteiger partial charge in [-0.15, -0.1) is 11.3 Å². The van der Waals surface area contributed by atoms with Crippen LogP contribution in [0.2, 0.25) is 0 Å². The number of hydrogen-bond acceptors (Lipinski definition) is 3. The largest absolute Gasteiger partial charge is 0.391 e. The average molecular weight is 265 g/mol. The van der Waals surface area contributed by atoms with E-state index in [-0.39, 0.29) is 6.10 Å². The van der Waals surface area contributed by atoms with Crippen molar-refractivity contribution >= 4 is 11.3 Å². The maximum Gasteiger partial charge on any atom is 0.0744 e. The van der Waals surface area contributed by atoms with E-state index in [1.807, 2.05) is 0 Å². The van der Waals surface area contributed by atoms with E-state index in [9.17, 15) is 5.11 Å². The lowest BCUT2D eigenvalue weighted by Gasteiger charge is -2.36. The van der Waals surface area contributed by atoms with Crippen LogP contribution in [0.5, 0.6) is 0 Å². The number of nitrogens with zero attached hydrogens (tertiary/aromatic N) is 1. The second-order valence-corrected chi connectivity index (χ2v) is 6.25. The van der Waals surface area contributed by atoms with E-state index >= 15 is 0 Å². The summed E-state index contributed by atoms with van der Waals surface area (Å²) in [7, 11) is 0. The van der Waals surface area contributed by atoms with Gasteiger partial charge < -0.3 is 5.11 Å². The van der Waals surface area contributed by atoms with Crippen molar-refractivity contribution in [3.8, 4) is 0 Å². The number of thiophene rings is 1. The van der Waals surface area contributed by atoms with Crippen molar-refractivity contribution in [1.82, 2.24) is 4.90 Å². The van der Waals surface area contributed by atoms with Gasteiger partial charge in [0.2, 0.25) is 0 Å². The Balaban J connectivity index is 1.99. The molecule has 2 heterocycles. The molecule has 0 unspecified atom stereocenters. The Kier molecular flexibility index (Phi) is 4.60. The summed E-state index contributed by atoms with van der Waals surface area (Å²) < 4.78 is 0. The molecule has 1 fully saturated rings. The maximum absolute atomic E-state index is 10.4. The summed E-state index contributed by atoms with van der Waals surface area (Å²) >= 11 is 1.79. The van der Waals surface area contributed by atoms with Crippen LogP contribution in [0.1, 0.15) is 36.6 Å². The molecule has 1 aromatic rings. The SMILES string of the molecule is C/C=C(\C)CN1CC[C@H](c2sccc2C)[C@@H](O)C1. The van der Waals surface area contributed by atoms with Crippen LogP contribution in [0.15, 0.2) is 23.1 Å². The van der Waals surface area contributed by atoms with E-state index in [4.69, 9.17) is 0 Å². The zero-order chi connectivity index (χ0) is 13.1. The molecule has 2 nitrogen and oxygen atoms in total. The Bertz CT molecular complexity index is 424. The van der Waals surface area contributed by atoms with E-state index in [1.54, 1.807) is 11.3 Å². The molecule has 18 heavy (non-hydrogen) atoms. The first-order valence-electron chi connectivity index (χ1n) is 6.68. The van der Waals surface area contributed by atoms with Gasteiger partial charge in [-0.05, 0) is 50.7 Å². The minimum Gasteiger partial charge on any atom is -0.391 e. The van der Waals surface area contributed by atoms with Gasteiger partial charge >= 0.3 is 0 Å².